The summed E-state index contributed by atoms with van der Waals surface area (Å²) in [6, 6.07) is 69.7. The third-order valence-corrected chi connectivity index (χ3v) is 16.1. The van der Waals surface area contributed by atoms with Crippen molar-refractivity contribution in [2.45, 2.75) is 19.3 Å². The Morgan fingerprint density at radius 3 is 1.83 bits per heavy atom. The predicted molar refractivity (Wildman–Crippen MR) is 245 cm³/mol. The molecule has 1 unspecified atom stereocenters. The predicted octanol–water partition coefficient (Wildman–Crippen LogP) is 13.2. The van der Waals surface area contributed by atoms with Gasteiger partial charge in [-0.25, -0.2) is 0 Å². The molecular weight excluding hydrogens is 722 g/mol. The van der Waals surface area contributed by atoms with Crippen molar-refractivity contribution < 1.29 is 4.57 Å². The van der Waals surface area contributed by atoms with Crippen molar-refractivity contribution in [2.75, 3.05) is 0 Å². The third kappa shape index (κ3) is 4.58. The summed E-state index contributed by atoms with van der Waals surface area (Å²) in [5.41, 5.74) is 15.6. The van der Waals surface area contributed by atoms with Crippen LogP contribution in [0.1, 0.15) is 25.0 Å². The third-order valence-electron chi connectivity index (χ3n) is 13.0. The van der Waals surface area contributed by atoms with Crippen LogP contribution in [0.5, 0.6) is 0 Å². The summed E-state index contributed by atoms with van der Waals surface area (Å²) in [6.45, 7) is 4.73. The van der Waals surface area contributed by atoms with Crippen LogP contribution in [0.2, 0.25) is 0 Å². The maximum Gasteiger partial charge on any atom is 0.172 e. The number of hydrogen-bond acceptors (Lipinski definition) is 1. The van der Waals surface area contributed by atoms with E-state index in [-0.39, 0.29) is 5.41 Å². The van der Waals surface area contributed by atoms with Gasteiger partial charge in [-0.2, -0.15) is 0 Å². The maximum absolute atomic E-state index is 15.5. The number of fused-ring (bicyclic) bond motifs is 11. The van der Waals surface area contributed by atoms with Crippen LogP contribution in [0.25, 0.3) is 82.8 Å². The van der Waals surface area contributed by atoms with Gasteiger partial charge in [0, 0.05) is 43.4 Å². The van der Waals surface area contributed by atoms with Crippen LogP contribution in [0.3, 0.4) is 0 Å². The Bertz CT molecular complexity index is 3390. The Kier molecular flexibility index (Phi) is 6.99. The average molecular weight is 760 g/mol. The lowest BCUT2D eigenvalue weighted by Gasteiger charge is -2.23. The molecule has 0 fully saturated rings. The highest BCUT2D eigenvalue weighted by Gasteiger charge is 2.42. The molecule has 1 atom stereocenters. The molecule has 0 saturated carbocycles. The molecule has 0 saturated heterocycles. The Morgan fingerprint density at radius 2 is 1.05 bits per heavy atom. The first kappa shape index (κ1) is 33.4. The van der Waals surface area contributed by atoms with Crippen molar-refractivity contribution in [3.05, 3.63) is 205 Å². The first-order valence-corrected chi connectivity index (χ1v) is 21.8. The van der Waals surface area contributed by atoms with Crippen LogP contribution in [0.15, 0.2) is 194 Å². The van der Waals surface area contributed by atoms with Crippen LogP contribution in [-0.2, 0) is 9.98 Å². The van der Waals surface area contributed by atoms with Crippen molar-refractivity contribution >= 4 is 55.6 Å². The monoisotopic (exact) mass is 759 g/mol. The molecule has 3 heteroatoms. The zero-order valence-corrected chi connectivity index (χ0v) is 33.2. The smallest absolute Gasteiger partial charge is 0.172 e. The van der Waals surface area contributed by atoms with E-state index in [1.165, 1.54) is 66.1 Å². The highest BCUT2D eigenvalue weighted by Crippen LogP contribution is 2.55. The molecule has 274 valence electrons. The molecule has 58 heavy (non-hydrogen) atoms. The molecule has 0 bridgehead atoms. The second-order valence-electron chi connectivity index (χ2n) is 16.4. The van der Waals surface area contributed by atoms with Gasteiger partial charge in [-0.3, -0.25) is 0 Å². The lowest BCUT2D eigenvalue weighted by Crippen LogP contribution is -2.20. The van der Waals surface area contributed by atoms with Gasteiger partial charge in [0.05, 0.1) is 11.0 Å². The summed E-state index contributed by atoms with van der Waals surface area (Å²) in [6.07, 6.45) is 0. The van der Waals surface area contributed by atoms with Gasteiger partial charge < -0.3 is 9.13 Å². The van der Waals surface area contributed by atoms with Crippen molar-refractivity contribution in [1.82, 2.24) is 4.57 Å². The van der Waals surface area contributed by atoms with Gasteiger partial charge in [0.1, 0.15) is 0 Å². The largest absolute Gasteiger partial charge is 0.309 e. The fraction of sp³-hybridized carbons (Fsp3) is 0.0545. The maximum atomic E-state index is 15.5. The van der Waals surface area contributed by atoms with Gasteiger partial charge in [-0.05, 0) is 103 Å². The van der Waals surface area contributed by atoms with Gasteiger partial charge in [-0.1, -0.05) is 166 Å². The van der Waals surface area contributed by atoms with Crippen molar-refractivity contribution in [3.63, 3.8) is 0 Å². The molecule has 2 nitrogen and oxygen atoms in total. The minimum absolute atomic E-state index is 0.147. The van der Waals surface area contributed by atoms with Gasteiger partial charge in [0.25, 0.3) is 0 Å². The highest BCUT2D eigenvalue weighted by atomic mass is 31.2. The van der Waals surface area contributed by atoms with Gasteiger partial charge in [-0.15, -0.1) is 0 Å². The van der Waals surface area contributed by atoms with E-state index in [1.807, 2.05) is 36.4 Å². The van der Waals surface area contributed by atoms with Gasteiger partial charge in [0.15, 0.2) is 7.14 Å². The van der Waals surface area contributed by atoms with Gasteiger partial charge >= 0.3 is 0 Å². The second kappa shape index (κ2) is 12.1. The average Bonchev–Trinajstić information content (AvgIpc) is 3.84. The molecule has 1 aromatic heterocycles. The highest BCUT2D eigenvalue weighted by molar-refractivity contribution is 7.86. The van der Waals surface area contributed by atoms with Crippen LogP contribution >= 0.6 is 7.14 Å². The molecule has 1 aliphatic heterocycles. The van der Waals surface area contributed by atoms with Crippen LogP contribution in [0.4, 0.5) is 0 Å². The zero-order valence-electron chi connectivity index (χ0n) is 32.3. The van der Waals surface area contributed by atoms with Gasteiger partial charge in [0.2, 0.25) is 0 Å². The van der Waals surface area contributed by atoms with Crippen LogP contribution < -0.4 is 15.9 Å². The van der Waals surface area contributed by atoms with E-state index >= 15 is 4.57 Å². The fourth-order valence-electron chi connectivity index (χ4n) is 10.1. The molecule has 0 amide bonds. The molecule has 0 radical (unpaired) electrons. The Labute approximate surface area is 338 Å². The molecule has 2 heterocycles. The Balaban J connectivity index is 0.962. The number of nitrogens with zero attached hydrogens (tertiary/aromatic N) is 1. The summed E-state index contributed by atoms with van der Waals surface area (Å²) in [4.78, 5) is 0. The van der Waals surface area contributed by atoms with E-state index in [0.717, 1.165) is 43.8 Å². The first-order chi connectivity index (χ1) is 28.4. The normalized spacial score (nSPS) is 16.0. The van der Waals surface area contributed by atoms with Crippen LogP contribution in [-0.4, -0.2) is 4.57 Å². The molecule has 2 aliphatic rings. The SMILES string of the molecule is CC1(C)c2cc(-c3ccc(-n4c5ccccc5c5ccc6c(c54)-c4ccccc4P6(=O)c4ccccc4)cc3)ccc2-c2ccc(-c3ccc4ccccc4c3)cc21. The lowest BCUT2D eigenvalue weighted by molar-refractivity contribution is 0.593. The molecule has 12 rings (SSSR count). The standard InChI is InChI=1S/C55H38NOP/c1-55(2)48-33-39(24-28-43(48)44-29-25-40(34-49(44)55)38-21-20-35-12-6-7-13-37(35)32-38)36-22-26-41(27-23-36)56-50-18-10-8-16-45(50)46-30-31-52-53(54(46)56)47-17-9-11-19-51(47)58(52,57)42-14-4-3-5-15-42/h3-34H,1-2H3. The molecule has 10 aromatic rings. The molecule has 0 spiro atoms. The summed E-state index contributed by atoms with van der Waals surface area (Å²) in [7, 11) is -3.09. The van der Waals surface area contributed by atoms with E-state index in [2.05, 4.69) is 176 Å². The first-order valence-electron chi connectivity index (χ1n) is 20.1. The summed E-state index contributed by atoms with van der Waals surface area (Å²) >= 11 is 0. The van der Waals surface area contributed by atoms with E-state index in [0.29, 0.717) is 0 Å². The number of benzene rings is 9. The molecule has 0 N–H and O–H groups in total. The lowest BCUT2D eigenvalue weighted by atomic mass is 9.81. The molecule has 9 aromatic carbocycles. The summed E-state index contributed by atoms with van der Waals surface area (Å²) in [5, 5.41) is 7.59. The number of hydrogen-bond donors (Lipinski definition) is 0. The minimum atomic E-state index is -3.09. The van der Waals surface area contributed by atoms with Crippen LogP contribution in [0, 0.1) is 0 Å². The van der Waals surface area contributed by atoms with Crippen molar-refractivity contribution in [3.8, 4) is 50.2 Å². The van der Waals surface area contributed by atoms with E-state index < -0.39 is 7.14 Å². The van der Waals surface area contributed by atoms with E-state index in [9.17, 15) is 0 Å². The van der Waals surface area contributed by atoms with E-state index in [4.69, 9.17) is 0 Å². The number of para-hydroxylation sites is 1. The minimum Gasteiger partial charge on any atom is -0.309 e. The summed E-state index contributed by atoms with van der Waals surface area (Å²) in [5.74, 6) is 0. The van der Waals surface area contributed by atoms with Crippen molar-refractivity contribution in [2.24, 2.45) is 0 Å². The molecular formula is C55H38NOP. The Hall–Kier alpha value is -6.73. The quantitative estimate of drug-likeness (QED) is 0.164. The Morgan fingerprint density at radius 1 is 0.448 bits per heavy atom. The second-order valence-corrected chi connectivity index (χ2v) is 19.1. The van der Waals surface area contributed by atoms with Crippen molar-refractivity contribution in [1.29, 1.82) is 0 Å². The number of aromatic nitrogens is 1. The topological polar surface area (TPSA) is 22.0 Å². The van der Waals surface area contributed by atoms with E-state index in [1.54, 1.807) is 0 Å². The fourth-order valence-corrected chi connectivity index (χ4v) is 13.2. The molecule has 1 aliphatic carbocycles. The zero-order chi connectivity index (χ0) is 38.8. The summed E-state index contributed by atoms with van der Waals surface area (Å²) < 4.78 is 17.9. The number of rotatable bonds is 4.